The quantitative estimate of drug-likeness (QED) is 0.404. The predicted octanol–water partition coefficient (Wildman–Crippen LogP) is 4.29. The van der Waals surface area contributed by atoms with Gasteiger partial charge in [0.2, 0.25) is 5.91 Å². The number of benzene rings is 2. The van der Waals surface area contributed by atoms with Gasteiger partial charge in [-0.25, -0.2) is 0 Å². The molecule has 2 aromatic carbocycles. The van der Waals surface area contributed by atoms with E-state index >= 15 is 0 Å². The van der Waals surface area contributed by atoms with Crippen molar-refractivity contribution in [3.63, 3.8) is 0 Å². The maximum Gasteiger partial charge on any atom is 0.226 e. The molecule has 0 fully saturated rings. The van der Waals surface area contributed by atoms with Crippen LogP contribution in [0, 0.1) is 20.8 Å². The SMILES string of the molecule is Cc1ccc(COc2cccc(C3CC(=O)Nc4c3c(C)nn4-c3ccc4nnc(C)n4n3)c2)cc1. The summed E-state index contributed by atoms with van der Waals surface area (Å²) in [6, 6.07) is 19.9. The standard InChI is InChI=1S/C27H25N7O2/c1-16-7-9-19(10-8-16)15-36-21-6-4-5-20(13-21)22-14-25(35)28-27-26(22)17(2)31-34(27)24-12-11-23-30-29-18(3)33(23)32-24/h4-13,22H,14-15H2,1-3H3,(H,28,35). The van der Waals surface area contributed by atoms with Gasteiger partial charge in [-0.2, -0.15) is 14.3 Å². The molecule has 180 valence electrons. The van der Waals surface area contributed by atoms with E-state index in [0.29, 0.717) is 36.1 Å². The molecule has 0 radical (unpaired) electrons. The van der Waals surface area contributed by atoms with Crippen LogP contribution in [-0.4, -0.2) is 35.5 Å². The van der Waals surface area contributed by atoms with Crippen molar-refractivity contribution in [1.29, 1.82) is 0 Å². The van der Waals surface area contributed by atoms with Crippen LogP contribution in [0.2, 0.25) is 0 Å². The highest BCUT2D eigenvalue weighted by atomic mass is 16.5. The minimum absolute atomic E-state index is 0.0683. The normalized spacial score (nSPS) is 15.1. The monoisotopic (exact) mass is 479 g/mol. The second-order valence-electron chi connectivity index (χ2n) is 9.12. The number of hydrogen-bond donors (Lipinski definition) is 1. The van der Waals surface area contributed by atoms with Crippen molar-refractivity contribution >= 4 is 17.4 Å². The van der Waals surface area contributed by atoms with E-state index < -0.39 is 0 Å². The molecule has 1 aliphatic heterocycles. The summed E-state index contributed by atoms with van der Waals surface area (Å²) in [7, 11) is 0. The lowest BCUT2D eigenvalue weighted by molar-refractivity contribution is -0.116. The highest BCUT2D eigenvalue weighted by Gasteiger charge is 2.33. The summed E-state index contributed by atoms with van der Waals surface area (Å²) in [4.78, 5) is 12.8. The molecule has 1 amide bonds. The number of fused-ring (bicyclic) bond motifs is 2. The van der Waals surface area contributed by atoms with E-state index in [0.717, 1.165) is 28.1 Å². The largest absolute Gasteiger partial charge is 0.489 e. The minimum Gasteiger partial charge on any atom is -0.489 e. The van der Waals surface area contributed by atoms with Crippen LogP contribution in [0.1, 0.15) is 46.1 Å². The van der Waals surface area contributed by atoms with Crippen molar-refractivity contribution in [3.8, 4) is 11.6 Å². The van der Waals surface area contributed by atoms with Gasteiger partial charge in [-0.05, 0) is 56.2 Å². The van der Waals surface area contributed by atoms with E-state index in [9.17, 15) is 4.79 Å². The van der Waals surface area contributed by atoms with Crippen molar-refractivity contribution < 1.29 is 9.53 Å². The summed E-state index contributed by atoms with van der Waals surface area (Å²) in [5, 5.41) is 20.6. The first-order chi connectivity index (χ1) is 17.5. The predicted molar refractivity (Wildman–Crippen MR) is 134 cm³/mol. The Balaban J connectivity index is 1.34. The van der Waals surface area contributed by atoms with Crippen LogP contribution in [0.25, 0.3) is 11.5 Å². The molecule has 6 rings (SSSR count). The van der Waals surface area contributed by atoms with Gasteiger partial charge in [0.1, 0.15) is 18.2 Å². The van der Waals surface area contributed by atoms with Gasteiger partial charge in [-0.1, -0.05) is 42.0 Å². The number of anilines is 1. The number of amides is 1. The fourth-order valence-electron chi connectivity index (χ4n) is 4.67. The zero-order valence-corrected chi connectivity index (χ0v) is 20.3. The number of ether oxygens (including phenoxy) is 1. The van der Waals surface area contributed by atoms with Crippen molar-refractivity contribution in [2.75, 3.05) is 5.32 Å². The van der Waals surface area contributed by atoms with Gasteiger partial charge in [-0.3, -0.25) is 4.79 Å². The van der Waals surface area contributed by atoms with Crippen LogP contribution >= 0.6 is 0 Å². The fraction of sp³-hybridized carbons (Fsp3) is 0.222. The highest BCUT2D eigenvalue weighted by molar-refractivity contribution is 5.95. The van der Waals surface area contributed by atoms with Crippen molar-refractivity contribution in [3.05, 3.63) is 94.4 Å². The van der Waals surface area contributed by atoms with Crippen LogP contribution < -0.4 is 10.1 Å². The van der Waals surface area contributed by atoms with E-state index in [1.54, 1.807) is 9.20 Å². The first kappa shape index (κ1) is 22.0. The molecular weight excluding hydrogens is 454 g/mol. The van der Waals surface area contributed by atoms with Gasteiger partial charge in [0, 0.05) is 17.9 Å². The summed E-state index contributed by atoms with van der Waals surface area (Å²) in [6.45, 7) is 6.34. The molecule has 1 N–H and O–H groups in total. The number of nitrogens with zero attached hydrogens (tertiary/aromatic N) is 6. The van der Waals surface area contributed by atoms with Gasteiger partial charge < -0.3 is 10.1 Å². The Labute approximate surface area is 207 Å². The molecule has 0 saturated carbocycles. The zero-order valence-electron chi connectivity index (χ0n) is 20.3. The Kier molecular flexibility index (Phi) is 5.25. The van der Waals surface area contributed by atoms with Gasteiger partial charge in [0.05, 0.1) is 5.69 Å². The van der Waals surface area contributed by atoms with E-state index in [1.165, 1.54) is 5.56 Å². The van der Waals surface area contributed by atoms with E-state index in [4.69, 9.17) is 9.84 Å². The molecule has 1 aliphatic rings. The molecular formula is C27H25N7O2. The van der Waals surface area contributed by atoms with Crippen molar-refractivity contribution in [1.82, 2.24) is 29.6 Å². The molecule has 3 aromatic heterocycles. The van der Waals surface area contributed by atoms with E-state index in [2.05, 4.69) is 51.8 Å². The maximum atomic E-state index is 12.8. The summed E-state index contributed by atoms with van der Waals surface area (Å²) in [5.41, 5.74) is 5.80. The number of aryl methyl sites for hydroxylation is 3. The van der Waals surface area contributed by atoms with Gasteiger partial charge in [-0.15, -0.1) is 15.3 Å². The fourth-order valence-corrected chi connectivity index (χ4v) is 4.67. The first-order valence-corrected chi connectivity index (χ1v) is 11.8. The number of aromatic nitrogens is 6. The van der Waals surface area contributed by atoms with E-state index in [1.807, 2.05) is 50.2 Å². The van der Waals surface area contributed by atoms with Gasteiger partial charge in [0.25, 0.3) is 0 Å². The van der Waals surface area contributed by atoms with Gasteiger partial charge in [0.15, 0.2) is 17.3 Å². The Hall–Kier alpha value is -4.53. The summed E-state index contributed by atoms with van der Waals surface area (Å²) in [6.07, 6.45) is 0.331. The lowest BCUT2D eigenvalue weighted by Crippen LogP contribution is -2.25. The Morgan fingerprint density at radius 1 is 1.00 bits per heavy atom. The Morgan fingerprint density at radius 2 is 1.83 bits per heavy atom. The molecule has 0 aliphatic carbocycles. The lowest BCUT2D eigenvalue weighted by Gasteiger charge is -2.24. The second-order valence-corrected chi connectivity index (χ2v) is 9.12. The average molecular weight is 480 g/mol. The average Bonchev–Trinajstić information content (AvgIpc) is 3.42. The Morgan fingerprint density at radius 3 is 2.67 bits per heavy atom. The second kappa shape index (κ2) is 8.60. The van der Waals surface area contributed by atoms with Crippen LogP contribution in [0.15, 0.2) is 60.7 Å². The highest BCUT2D eigenvalue weighted by Crippen LogP contribution is 2.40. The first-order valence-electron chi connectivity index (χ1n) is 11.8. The molecule has 0 bridgehead atoms. The molecule has 4 heterocycles. The van der Waals surface area contributed by atoms with Crippen LogP contribution in [0.4, 0.5) is 5.82 Å². The third-order valence-electron chi connectivity index (χ3n) is 6.51. The third-order valence-corrected chi connectivity index (χ3v) is 6.51. The summed E-state index contributed by atoms with van der Waals surface area (Å²) < 4.78 is 9.43. The minimum atomic E-state index is -0.147. The molecule has 9 heteroatoms. The molecule has 36 heavy (non-hydrogen) atoms. The molecule has 5 aromatic rings. The lowest BCUT2D eigenvalue weighted by atomic mass is 9.86. The maximum absolute atomic E-state index is 12.8. The topological polar surface area (TPSA) is 99.2 Å². The number of rotatable bonds is 5. The summed E-state index contributed by atoms with van der Waals surface area (Å²) >= 11 is 0. The van der Waals surface area contributed by atoms with Crippen LogP contribution in [0.5, 0.6) is 5.75 Å². The van der Waals surface area contributed by atoms with Crippen molar-refractivity contribution in [2.45, 2.75) is 39.7 Å². The number of carbonyl (C=O) groups excluding carboxylic acids is 1. The number of hydrogen-bond acceptors (Lipinski definition) is 6. The zero-order chi connectivity index (χ0) is 24.8. The van der Waals surface area contributed by atoms with Crippen LogP contribution in [0.3, 0.4) is 0 Å². The van der Waals surface area contributed by atoms with Crippen LogP contribution in [-0.2, 0) is 11.4 Å². The van der Waals surface area contributed by atoms with Gasteiger partial charge >= 0.3 is 0 Å². The Bertz CT molecular complexity index is 1600. The van der Waals surface area contributed by atoms with E-state index in [-0.39, 0.29) is 11.8 Å². The molecule has 0 saturated heterocycles. The molecule has 1 unspecified atom stereocenters. The van der Waals surface area contributed by atoms with Crippen molar-refractivity contribution in [2.24, 2.45) is 0 Å². The third kappa shape index (κ3) is 3.88. The summed E-state index contributed by atoms with van der Waals surface area (Å²) in [5.74, 6) is 2.44. The molecule has 9 nitrogen and oxygen atoms in total. The smallest absolute Gasteiger partial charge is 0.226 e. The number of carbonyl (C=O) groups is 1. The molecule has 1 atom stereocenters. The number of nitrogens with one attached hydrogen (secondary N) is 1. The molecule has 0 spiro atoms.